The zero-order chi connectivity index (χ0) is 18.0. The number of morpholine rings is 1. The van der Waals surface area contributed by atoms with E-state index < -0.39 is 11.9 Å². The number of ether oxygens (including phenoxy) is 1. The first-order chi connectivity index (χ1) is 12.0. The molecule has 3 rings (SSSR count). The molecule has 1 fully saturated rings. The van der Waals surface area contributed by atoms with E-state index in [4.69, 9.17) is 22.1 Å². The van der Waals surface area contributed by atoms with Crippen LogP contribution in [-0.2, 0) is 9.53 Å². The molecule has 1 heterocycles. The fraction of sp³-hybridized carbons (Fsp3) is 0.316. The molecule has 140 valence electrons. The number of benzene rings is 2. The van der Waals surface area contributed by atoms with Gasteiger partial charge >= 0.3 is 0 Å². The minimum atomic E-state index is -0.712. The smallest absolute Gasteiger partial charge is 0.244 e. The molecule has 4 nitrogen and oxygen atoms in total. The maximum absolute atomic E-state index is 13.3. The Labute approximate surface area is 163 Å². The summed E-state index contributed by atoms with van der Waals surface area (Å²) in [7, 11) is 0. The Bertz CT molecular complexity index is 771. The predicted molar refractivity (Wildman–Crippen MR) is 102 cm³/mol. The molecule has 2 N–H and O–H groups in total. The van der Waals surface area contributed by atoms with Gasteiger partial charge in [0.25, 0.3) is 0 Å². The Morgan fingerprint density at radius 2 is 2.00 bits per heavy atom. The number of hydrogen-bond donors (Lipinski definition) is 1. The summed E-state index contributed by atoms with van der Waals surface area (Å²) < 4.78 is 19.1. The molecule has 1 amide bonds. The lowest BCUT2D eigenvalue weighted by Gasteiger charge is -2.34. The first-order valence-corrected chi connectivity index (χ1v) is 8.51. The monoisotopic (exact) mass is 398 g/mol. The zero-order valence-corrected chi connectivity index (χ0v) is 15.9. The molecule has 0 bridgehead atoms. The highest BCUT2D eigenvalue weighted by atomic mass is 35.5. The summed E-state index contributed by atoms with van der Waals surface area (Å²) in [5.74, 6) is -0.624. The fourth-order valence-electron chi connectivity index (χ4n) is 2.88. The molecule has 2 unspecified atom stereocenters. The molecule has 2 atom stereocenters. The average molecular weight is 399 g/mol. The molecule has 26 heavy (non-hydrogen) atoms. The second kappa shape index (κ2) is 8.82. The first kappa shape index (κ1) is 20.6. The van der Waals surface area contributed by atoms with Gasteiger partial charge in [-0.2, -0.15) is 0 Å². The SMILES string of the molecule is Cc1ccc(C(N)C(=O)N2CCOC(c3ccc(F)c(Cl)c3)C2)cc1.Cl. The van der Waals surface area contributed by atoms with Crippen molar-refractivity contribution in [1.82, 2.24) is 4.90 Å². The lowest BCUT2D eigenvalue weighted by Crippen LogP contribution is -2.46. The molecule has 1 aliphatic rings. The minimum Gasteiger partial charge on any atom is -0.370 e. The minimum absolute atomic E-state index is 0. The molecule has 1 saturated heterocycles. The molecule has 2 aromatic rings. The molecule has 0 aliphatic carbocycles. The lowest BCUT2D eigenvalue weighted by atomic mass is 10.0. The molecular formula is C19H21Cl2FN2O2. The molecule has 2 aromatic carbocycles. The van der Waals surface area contributed by atoms with E-state index in [1.165, 1.54) is 12.1 Å². The summed E-state index contributed by atoms with van der Waals surface area (Å²) >= 11 is 5.84. The highest BCUT2D eigenvalue weighted by molar-refractivity contribution is 6.30. The van der Waals surface area contributed by atoms with Crippen LogP contribution in [-0.4, -0.2) is 30.5 Å². The number of nitrogens with two attached hydrogens (primary N) is 1. The van der Waals surface area contributed by atoms with Gasteiger partial charge in [-0.05, 0) is 30.2 Å². The first-order valence-electron chi connectivity index (χ1n) is 8.13. The Balaban J connectivity index is 0.00000243. The number of halogens is 3. The van der Waals surface area contributed by atoms with Gasteiger partial charge in [0.2, 0.25) is 5.91 Å². The normalized spacial score (nSPS) is 18.2. The van der Waals surface area contributed by atoms with Crippen LogP contribution in [0.1, 0.15) is 28.8 Å². The van der Waals surface area contributed by atoms with Gasteiger partial charge in [-0.15, -0.1) is 12.4 Å². The maximum atomic E-state index is 13.3. The van der Waals surface area contributed by atoms with Crippen molar-refractivity contribution in [1.29, 1.82) is 0 Å². The average Bonchev–Trinajstić information content (AvgIpc) is 2.63. The van der Waals surface area contributed by atoms with Gasteiger partial charge in [-0.3, -0.25) is 4.79 Å². The number of amides is 1. The number of carbonyl (C=O) groups excluding carboxylic acids is 1. The topological polar surface area (TPSA) is 55.6 Å². The van der Waals surface area contributed by atoms with Crippen molar-refractivity contribution in [3.63, 3.8) is 0 Å². The molecule has 1 aliphatic heterocycles. The molecular weight excluding hydrogens is 378 g/mol. The number of aryl methyl sites for hydroxylation is 1. The van der Waals surface area contributed by atoms with E-state index >= 15 is 0 Å². The predicted octanol–water partition coefficient (Wildman–Crippen LogP) is 3.81. The fourth-order valence-corrected chi connectivity index (χ4v) is 3.07. The van der Waals surface area contributed by atoms with Crippen molar-refractivity contribution in [2.75, 3.05) is 19.7 Å². The number of carbonyl (C=O) groups is 1. The van der Waals surface area contributed by atoms with Crippen LogP contribution in [0.15, 0.2) is 42.5 Å². The van der Waals surface area contributed by atoms with Crippen molar-refractivity contribution in [3.8, 4) is 0 Å². The van der Waals surface area contributed by atoms with Gasteiger partial charge in [-0.1, -0.05) is 47.5 Å². The van der Waals surface area contributed by atoms with Crippen LogP contribution in [0.2, 0.25) is 5.02 Å². The van der Waals surface area contributed by atoms with Gasteiger partial charge < -0.3 is 15.4 Å². The van der Waals surface area contributed by atoms with Crippen LogP contribution < -0.4 is 5.73 Å². The Morgan fingerprint density at radius 3 is 2.65 bits per heavy atom. The molecule has 0 spiro atoms. The second-order valence-electron chi connectivity index (χ2n) is 6.21. The van der Waals surface area contributed by atoms with Crippen LogP contribution in [0.25, 0.3) is 0 Å². The molecule has 0 saturated carbocycles. The lowest BCUT2D eigenvalue weighted by molar-refractivity contribution is -0.140. The third-order valence-corrected chi connectivity index (χ3v) is 4.69. The largest absolute Gasteiger partial charge is 0.370 e. The van der Waals surface area contributed by atoms with Crippen LogP contribution in [0, 0.1) is 12.7 Å². The molecule has 0 aromatic heterocycles. The van der Waals surface area contributed by atoms with E-state index in [1.807, 2.05) is 31.2 Å². The van der Waals surface area contributed by atoms with E-state index in [9.17, 15) is 9.18 Å². The van der Waals surface area contributed by atoms with Crippen molar-refractivity contribution in [2.24, 2.45) is 5.73 Å². The third-order valence-electron chi connectivity index (χ3n) is 4.40. The Kier molecular flexibility index (Phi) is 7.01. The number of nitrogens with zero attached hydrogens (tertiary/aromatic N) is 1. The molecule has 7 heteroatoms. The van der Waals surface area contributed by atoms with E-state index in [0.717, 1.165) is 16.7 Å². The van der Waals surface area contributed by atoms with Gasteiger partial charge in [-0.25, -0.2) is 4.39 Å². The number of rotatable bonds is 3. The number of hydrogen-bond acceptors (Lipinski definition) is 3. The zero-order valence-electron chi connectivity index (χ0n) is 14.3. The van der Waals surface area contributed by atoms with E-state index in [0.29, 0.717) is 19.7 Å². The maximum Gasteiger partial charge on any atom is 0.244 e. The van der Waals surface area contributed by atoms with Crippen molar-refractivity contribution < 1.29 is 13.9 Å². The van der Waals surface area contributed by atoms with Crippen molar-refractivity contribution in [2.45, 2.75) is 19.1 Å². The van der Waals surface area contributed by atoms with Gasteiger partial charge in [0.15, 0.2) is 0 Å². The van der Waals surface area contributed by atoms with Crippen LogP contribution >= 0.6 is 24.0 Å². The van der Waals surface area contributed by atoms with Crippen LogP contribution in [0.3, 0.4) is 0 Å². The van der Waals surface area contributed by atoms with Crippen molar-refractivity contribution in [3.05, 3.63) is 70.0 Å². The highest BCUT2D eigenvalue weighted by Gasteiger charge is 2.29. The quantitative estimate of drug-likeness (QED) is 0.854. The summed E-state index contributed by atoms with van der Waals surface area (Å²) in [6, 6.07) is 11.4. The Morgan fingerprint density at radius 1 is 1.31 bits per heavy atom. The second-order valence-corrected chi connectivity index (χ2v) is 6.61. The standard InChI is InChI=1S/C19H20ClFN2O2.ClH/c1-12-2-4-13(5-3-12)18(22)19(24)23-8-9-25-17(11-23)14-6-7-16(21)15(20)10-14;/h2-7,10,17-18H,8-9,11,22H2,1H3;1H. The van der Waals surface area contributed by atoms with E-state index in [-0.39, 0.29) is 29.4 Å². The van der Waals surface area contributed by atoms with Crippen LogP contribution in [0.5, 0.6) is 0 Å². The van der Waals surface area contributed by atoms with E-state index in [2.05, 4.69) is 0 Å². The van der Waals surface area contributed by atoms with E-state index in [1.54, 1.807) is 11.0 Å². The van der Waals surface area contributed by atoms with Crippen molar-refractivity contribution >= 4 is 29.9 Å². The highest BCUT2D eigenvalue weighted by Crippen LogP contribution is 2.27. The van der Waals surface area contributed by atoms with Crippen LogP contribution in [0.4, 0.5) is 4.39 Å². The summed E-state index contributed by atoms with van der Waals surface area (Å²) in [5, 5.41) is 0.0425. The summed E-state index contributed by atoms with van der Waals surface area (Å²) in [6.07, 6.45) is -0.346. The van der Waals surface area contributed by atoms with Gasteiger partial charge in [0, 0.05) is 6.54 Å². The van der Waals surface area contributed by atoms with Gasteiger partial charge in [0.1, 0.15) is 18.0 Å². The summed E-state index contributed by atoms with van der Waals surface area (Å²) in [5.41, 5.74) is 8.78. The summed E-state index contributed by atoms with van der Waals surface area (Å²) in [4.78, 5) is 14.4. The molecule has 0 radical (unpaired) electrons. The Hall–Kier alpha value is -1.66. The third kappa shape index (κ3) is 4.54. The van der Waals surface area contributed by atoms with Gasteiger partial charge in [0.05, 0.1) is 18.2 Å². The summed E-state index contributed by atoms with van der Waals surface area (Å²) in [6.45, 7) is 3.22.